The van der Waals surface area contributed by atoms with Crippen molar-refractivity contribution < 1.29 is 35.5 Å². The van der Waals surface area contributed by atoms with E-state index in [0.717, 1.165) is 6.20 Å². The molecule has 0 radical (unpaired) electrons. The minimum atomic E-state index is -5.70. The predicted octanol–water partition coefficient (Wildman–Crippen LogP) is 3.91. The van der Waals surface area contributed by atoms with Crippen LogP contribution in [0.3, 0.4) is 0 Å². The molecule has 2 unspecified atom stereocenters. The molecule has 1 aromatic carbocycles. The number of aromatic nitrogens is 2. The number of carbonyl (C=O) groups is 1. The molecule has 0 saturated heterocycles. The Kier molecular flexibility index (Phi) is 4.57. The zero-order chi connectivity index (χ0) is 21.0. The zero-order valence-electron chi connectivity index (χ0n) is 13.8. The van der Waals surface area contributed by atoms with Gasteiger partial charge < -0.3 is 5.32 Å². The van der Waals surface area contributed by atoms with Crippen molar-refractivity contribution in [3.8, 4) is 11.8 Å². The fourth-order valence-electron chi connectivity index (χ4n) is 2.67. The second-order valence-corrected chi connectivity index (χ2v) is 6.22. The number of nitrogens with one attached hydrogen (secondary N) is 1. The van der Waals surface area contributed by atoms with Gasteiger partial charge in [-0.05, 0) is 12.3 Å². The molecule has 1 amide bonds. The van der Waals surface area contributed by atoms with E-state index in [1.807, 2.05) is 0 Å². The van der Waals surface area contributed by atoms with Gasteiger partial charge in [-0.3, -0.25) is 4.79 Å². The highest BCUT2D eigenvalue weighted by Gasteiger charge is 2.43. The lowest BCUT2D eigenvalue weighted by Gasteiger charge is -2.15. The van der Waals surface area contributed by atoms with Crippen LogP contribution in [0.25, 0.3) is 5.69 Å². The molecule has 28 heavy (non-hydrogen) atoms. The van der Waals surface area contributed by atoms with Crippen LogP contribution in [-0.2, 0) is 11.0 Å². The lowest BCUT2D eigenvalue weighted by Crippen LogP contribution is -2.21. The molecule has 1 fully saturated rings. The van der Waals surface area contributed by atoms with Gasteiger partial charge in [0.15, 0.2) is 29.1 Å². The maximum absolute atomic E-state index is 14.2. The number of hydrogen-bond donors (Lipinski definition) is 1. The van der Waals surface area contributed by atoms with Crippen molar-refractivity contribution in [1.82, 2.24) is 9.78 Å². The van der Waals surface area contributed by atoms with Crippen LogP contribution < -0.4 is 5.32 Å². The molecule has 1 aliphatic rings. The van der Waals surface area contributed by atoms with E-state index in [-0.39, 0.29) is 10.6 Å². The Hall–Kier alpha value is -3.10. The van der Waals surface area contributed by atoms with Crippen molar-refractivity contribution in [2.75, 3.05) is 5.32 Å². The molecule has 1 N–H and O–H groups in total. The van der Waals surface area contributed by atoms with Gasteiger partial charge in [-0.15, -0.1) is 0 Å². The molecule has 0 bridgehead atoms. The Morgan fingerprint density at radius 3 is 2.18 bits per heavy atom. The molecular weight excluding hydrogens is 397 g/mol. The van der Waals surface area contributed by atoms with Crippen molar-refractivity contribution in [2.24, 2.45) is 11.8 Å². The van der Waals surface area contributed by atoms with Crippen LogP contribution in [0.1, 0.15) is 24.5 Å². The predicted molar refractivity (Wildman–Crippen MR) is 79.0 cm³/mol. The van der Waals surface area contributed by atoms with Crippen molar-refractivity contribution in [1.29, 1.82) is 5.26 Å². The summed E-state index contributed by atoms with van der Waals surface area (Å²) in [5.74, 6) is -11.8. The highest BCUT2D eigenvalue weighted by Crippen LogP contribution is 2.40. The standard InChI is InChI=1S/C16H9F7N4O/c1-5-2-7(5)15(28)26-14-6(3-24)4-25-27(14)13-11(19)9(17)8(16(21,22)23)10(18)12(13)20/h4-5,7H,2H2,1H3,(H,26,28). The van der Waals surface area contributed by atoms with E-state index in [4.69, 9.17) is 5.26 Å². The first-order chi connectivity index (χ1) is 13.0. The molecule has 148 valence electrons. The molecule has 2 aromatic rings. The van der Waals surface area contributed by atoms with Crippen LogP contribution in [0.2, 0.25) is 0 Å². The number of nitriles is 1. The number of alkyl halides is 3. The Morgan fingerprint density at radius 2 is 1.75 bits per heavy atom. The van der Waals surface area contributed by atoms with E-state index < -0.39 is 63.9 Å². The summed E-state index contributed by atoms with van der Waals surface area (Å²) in [7, 11) is 0. The first-order valence-corrected chi connectivity index (χ1v) is 7.71. The zero-order valence-corrected chi connectivity index (χ0v) is 13.8. The van der Waals surface area contributed by atoms with E-state index in [1.54, 1.807) is 13.0 Å². The molecule has 1 saturated carbocycles. The largest absolute Gasteiger partial charge is 0.422 e. The Labute approximate surface area is 152 Å². The molecule has 12 heteroatoms. The van der Waals surface area contributed by atoms with Gasteiger partial charge in [-0.1, -0.05) is 6.92 Å². The van der Waals surface area contributed by atoms with Crippen molar-refractivity contribution >= 4 is 11.7 Å². The highest BCUT2D eigenvalue weighted by atomic mass is 19.4. The van der Waals surface area contributed by atoms with Gasteiger partial charge in [0.25, 0.3) is 0 Å². The van der Waals surface area contributed by atoms with Gasteiger partial charge in [0.05, 0.1) is 6.20 Å². The van der Waals surface area contributed by atoms with Crippen LogP contribution in [0.15, 0.2) is 6.20 Å². The number of amides is 1. The number of benzene rings is 1. The molecule has 1 aliphatic carbocycles. The lowest BCUT2D eigenvalue weighted by molar-refractivity contribution is -0.143. The molecule has 0 spiro atoms. The van der Waals surface area contributed by atoms with Gasteiger partial charge in [0.2, 0.25) is 5.91 Å². The molecule has 0 aliphatic heterocycles. The smallest absolute Gasteiger partial charge is 0.309 e. The van der Waals surface area contributed by atoms with E-state index in [2.05, 4.69) is 10.4 Å². The van der Waals surface area contributed by atoms with Crippen LogP contribution in [0.5, 0.6) is 0 Å². The van der Waals surface area contributed by atoms with Gasteiger partial charge in [0, 0.05) is 5.92 Å². The third-order valence-corrected chi connectivity index (χ3v) is 4.31. The Morgan fingerprint density at radius 1 is 1.21 bits per heavy atom. The summed E-state index contributed by atoms with van der Waals surface area (Å²) in [4.78, 5) is 12.1. The summed E-state index contributed by atoms with van der Waals surface area (Å²) < 4.78 is 94.5. The molecule has 3 rings (SSSR count). The summed E-state index contributed by atoms with van der Waals surface area (Å²) in [5, 5.41) is 14.6. The quantitative estimate of drug-likeness (QED) is 0.621. The van der Waals surface area contributed by atoms with Crippen molar-refractivity contribution in [3.63, 3.8) is 0 Å². The number of anilines is 1. The van der Waals surface area contributed by atoms with E-state index >= 15 is 0 Å². The van der Waals surface area contributed by atoms with Gasteiger partial charge in [0.1, 0.15) is 22.9 Å². The number of nitrogens with zero attached hydrogens (tertiary/aromatic N) is 3. The van der Waals surface area contributed by atoms with Crippen LogP contribution in [-0.4, -0.2) is 15.7 Å². The third-order valence-electron chi connectivity index (χ3n) is 4.31. The lowest BCUT2D eigenvalue weighted by atomic mass is 10.1. The molecule has 2 atom stereocenters. The summed E-state index contributed by atoms with van der Waals surface area (Å²) in [6.45, 7) is 1.74. The average Bonchev–Trinajstić information content (AvgIpc) is 3.21. The fraction of sp³-hybridized carbons (Fsp3) is 0.312. The third kappa shape index (κ3) is 3.06. The van der Waals surface area contributed by atoms with Crippen molar-refractivity contribution in [2.45, 2.75) is 19.5 Å². The molecular formula is C16H9F7N4O. The minimum Gasteiger partial charge on any atom is -0.309 e. The first-order valence-electron chi connectivity index (χ1n) is 7.71. The summed E-state index contributed by atoms with van der Waals surface area (Å²) in [5.41, 5.74) is -4.79. The maximum Gasteiger partial charge on any atom is 0.422 e. The van der Waals surface area contributed by atoms with E-state index in [0.29, 0.717) is 6.42 Å². The van der Waals surface area contributed by atoms with Crippen LogP contribution in [0, 0.1) is 46.4 Å². The Balaban J connectivity index is 2.19. The molecule has 5 nitrogen and oxygen atoms in total. The SMILES string of the molecule is CC1CC1C(=O)Nc1c(C#N)cnn1-c1c(F)c(F)c(C(F)(F)F)c(F)c1F. The Bertz CT molecular complexity index is 992. The highest BCUT2D eigenvalue weighted by molar-refractivity contribution is 5.95. The van der Waals surface area contributed by atoms with Crippen molar-refractivity contribution in [3.05, 3.63) is 40.6 Å². The summed E-state index contributed by atoms with van der Waals surface area (Å²) in [6, 6.07) is 1.55. The number of hydrogen-bond acceptors (Lipinski definition) is 3. The number of rotatable bonds is 3. The van der Waals surface area contributed by atoms with Gasteiger partial charge in [-0.25, -0.2) is 22.2 Å². The average molecular weight is 406 g/mol. The normalized spacial score (nSPS) is 18.7. The topological polar surface area (TPSA) is 70.7 Å². The fourth-order valence-corrected chi connectivity index (χ4v) is 2.67. The van der Waals surface area contributed by atoms with Crippen LogP contribution in [0.4, 0.5) is 36.6 Å². The van der Waals surface area contributed by atoms with Gasteiger partial charge in [-0.2, -0.15) is 23.5 Å². The van der Waals surface area contributed by atoms with E-state index in [1.165, 1.54) is 0 Å². The van der Waals surface area contributed by atoms with E-state index in [9.17, 15) is 35.5 Å². The first kappa shape index (κ1) is 19.7. The maximum atomic E-state index is 14.2. The summed E-state index contributed by atoms with van der Waals surface area (Å²) >= 11 is 0. The second-order valence-electron chi connectivity index (χ2n) is 6.22. The monoisotopic (exact) mass is 406 g/mol. The number of halogens is 7. The number of carbonyl (C=O) groups excluding carboxylic acids is 1. The minimum absolute atomic E-state index is 0.0105. The summed E-state index contributed by atoms with van der Waals surface area (Å²) in [6.07, 6.45) is -4.46. The van der Waals surface area contributed by atoms with Gasteiger partial charge >= 0.3 is 6.18 Å². The molecule has 1 aromatic heterocycles. The van der Waals surface area contributed by atoms with Crippen LogP contribution >= 0.6 is 0 Å². The second kappa shape index (κ2) is 6.50. The molecule has 1 heterocycles.